The molecule has 0 fully saturated rings. The average molecular weight is 179 g/mol. The van der Waals surface area contributed by atoms with Crippen molar-refractivity contribution in [1.29, 1.82) is 0 Å². The van der Waals surface area contributed by atoms with Gasteiger partial charge in [0, 0.05) is 0 Å². The first-order valence-electron chi connectivity index (χ1n) is 3.45. The topological polar surface area (TPSA) is 104 Å². The minimum absolute atomic E-state index is 0.0830. The van der Waals surface area contributed by atoms with Crippen LogP contribution in [-0.2, 0) is 4.79 Å². The number of hydrogen-bond donors (Lipinski definition) is 3. The van der Waals surface area contributed by atoms with Crippen molar-refractivity contribution in [2.45, 2.75) is 0 Å². The summed E-state index contributed by atoms with van der Waals surface area (Å²) in [6, 6.07) is 0. The lowest BCUT2D eigenvalue weighted by atomic mass is 10.5. The van der Waals surface area contributed by atoms with Gasteiger partial charge >= 0.3 is 0 Å². The Morgan fingerprint density at radius 3 is 3.15 bits per heavy atom. The van der Waals surface area contributed by atoms with E-state index >= 15 is 0 Å². The molecule has 0 aliphatic heterocycles. The van der Waals surface area contributed by atoms with Crippen LogP contribution in [0, 0.1) is 0 Å². The molecule has 0 atom stereocenters. The summed E-state index contributed by atoms with van der Waals surface area (Å²) in [7, 11) is 0. The minimum atomic E-state index is -0.369. The van der Waals surface area contributed by atoms with Gasteiger partial charge in [-0.2, -0.15) is 4.98 Å². The van der Waals surface area contributed by atoms with Gasteiger partial charge < -0.3 is 4.98 Å². The molecule has 66 valence electrons. The molecule has 0 aliphatic carbocycles. The molecule has 0 aromatic carbocycles. The molecule has 7 heteroatoms. The van der Waals surface area contributed by atoms with Crippen molar-refractivity contribution < 1.29 is 4.79 Å². The molecular formula is C6H5N5O2. The fourth-order valence-electron chi connectivity index (χ4n) is 0.967. The van der Waals surface area contributed by atoms with Crippen molar-refractivity contribution in [3.63, 3.8) is 0 Å². The highest BCUT2D eigenvalue weighted by atomic mass is 16.1. The van der Waals surface area contributed by atoms with Crippen molar-refractivity contribution >= 4 is 23.5 Å². The summed E-state index contributed by atoms with van der Waals surface area (Å²) in [5, 5.41) is 2.23. The molecule has 0 saturated heterocycles. The number of amides is 1. The van der Waals surface area contributed by atoms with Crippen LogP contribution in [0.3, 0.4) is 0 Å². The Hall–Kier alpha value is -2.18. The molecule has 7 nitrogen and oxygen atoms in total. The third kappa shape index (κ3) is 1.15. The highest BCUT2D eigenvalue weighted by Gasteiger charge is 2.03. The Balaban J connectivity index is 2.69. The van der Waals surface area contributed by atoms with Gasteiger partial charge in [-0.3, -0.25) is 19.9 Å². The summed E-state index contributed by atoms with van der Waals surface area (Å²) >= 11 is 0. The number of hydrogen-bond acceptors (Lipinski definition) is 4. The maximum atomic E-state index is 11.2. The summed E-state index contributed by atoms with van der Waals surface area (Å²) < 4.78 is 0. The average Bonchev–Trinajstić information content (AvgIpc) is 2.53. The van der Waals surface area contributed by atoms with Crippen molar-refractivity contribution in [3.05, 3.63) is 16.7 Å². The molecule has 13 heavy (non-hydrogen) atoms. The predicted octanol–water partition coefficient (Wildman–Crippen LogP) is -0.786. The Morgan fingerprint density at radius 2 is 2.38 bits per heavy atom. The molecule has 0 spiro atoms. The van der Waals surface area contributed by atoms with E-state index in [-0.39, 0.29) is 22.7 Å². The smallest absolute Gasteiger partial charge is 0.278 e. The Bertz CT molecular complexity index is 499. The first-order valence-corrected chi connectivity index (χ1v) is 3.45. The molecule has 0 saturated carbocycles. The predicted molar refractivity (Wildman–Crippen MR) is 44.2 cm³/mol. The third-order valence-electron chi connectivity index (χ3n) is 1.49. The monoisotopic (exact) mass is 179 g/mol. The third-order valence-corrected chi connectivity index (χ3v) is 1.49. The van der Waals surface area contributed by atoms with Crippen molar-refractivity contribution in [1.82, 2.24) is 19.9 Å². The zero-order chi connectivity index (χ0) is 9.26. The number of H-pyrrole nitrogens is 2. The van der Waals surface area contributed by atoms with Gasteiger partial charge in [-0.05, 0) is 0 Å². The van der Waals surface area contributed by atoms with Crippen LogP contribution in [0.25, 0.3) is 11.2 Å². The van der Waals surface area contributed by atoms with E-state index in [2.05, 4.69) is 25.3 Å². The molecule has 2 rings (SSSR count). The number of carbonyl (C=O) groups excluding carboxylic acids is 1. The van der Waals surface area contributed by atoms with Gasteiger partial charge in [0.2, 0.25) is 12.4 Å². The van der Waals surface area contributed by atoms with Gasteiger partial charge in [-0.15, -0.1) is 0 Å². The summed E-state index contributed by atoms with van der Waals surface area (Å²) in [6.45, 7) is 0. The van der Waals surface area contributed by atoms with Gasteiger partial charge in [0.25, 0.3) is 5.56 Å². The lowest BCUT2D eigenvalue weighted by molar-refractivity contribution is -0.105. The highest BCUT2D eigenvalue weighted by Crippen LogP contribution is 2.01. The van der Waals surface area contributed by atoms with Gasteiger partial charge in [0.05, 0.1) is 6.33 Å². The van der Waals surface area contributed by atoms with Crippen LogP contribution >= 0.6 is 0 Å². The van der Waals surface area contributed by atoms with Gasteiger partial charge in [0.15, 0.2) is 11.2 Å². The Kier molecular flexibility index (Phi) is 1.55. The second kappa shape index (κ2) is 2.70. The van der Waals surface area contributed by atoms with E-state index in [0.29, 0.717) is 6.41 Å². The Labute approximate surface area is 71.2 Å². The van der Waals surface area contributed by atoms with Gasteiger partial charge in [-0.1, -0.05) is 0 Å². The molecule has 1 amide bonds. The van der Waals surface area contributed by atoms with E-state index in [9.17, 15) is 9.59 Å². The normalized spacial score (nSPS) is 10.2. The number of rotatable bonds is 2. The maximum absolute atomic E-state index is 11.2. The zero-order valence-electron chi connectivity index (χ0n) is 6.37. The lowest BCUT2D eigenvalue weighted by Gasteiger charge is -1.94. The molecule has 0 bridgehead atoms. The quantitative estimate of drug-likeness (QED) is 0.525. The van der Waals surface area contributed by atoms with Crippen LogP contribution in [-0.4, -0.2) is 26.3 Å². The number of anilines is 1. The van der Waals surface area contributed by atoms with Crippen molar-refractivity contribution in [2.24, 2.45) is 0 Å². The summed E-state index contributed by atoms with van der Waals surface area (Å²) in [5.74, 6) is 0.0830. The standard InChI is InChI=1S/C6H5N5O2/c12-2-9-6-10-4-3(5(13)11-6)7-1-8-4/h1-2H,(H3,7,8,9,10,11,12,13). The molecule has 3 N–H and O–H groups in total. The SMILES string of the molecule is O=CNc1nc2nc[nH]c2c(=O)[nH]1. The molecule has 0 radical (unpaired) electrons. The Morgan fingerprint density at radius 1 is 1.54 bits per heavy atom. The number of nitrogens with one attached hydrogen (secondary N) is 3. The molecular weight excluding hydrogens is 174 g/mol. The number of aromatic amines is 2. The second-order valence-corrected chi connectivity index (χ2v) is 2.28. The van der Waals surface area contributed by atoms with E-state index in [1.807, 2.05) is 0 Å². The van der Waals surface area contributed by atoms with Crippen molar-refractivity contribution in [3.8, 4) is 0 Å². The zero-order valence-corrected chi connectivity index (χ0v) is 6.37. The molecule has 0 aliphatic rings. The number of nitrogens with zero attached hydrogens (tertiary/aromatic N) is 2. The fourth-order valence-corrected chi connectivity index (χ4v) is 0.967. The first-order chi connectivity index (χ1) is 6.31. The van der Waals surface area contributed by atoms with E-state index < -0.39 is 0 Å². The van der Waals surface area contributed by atoms with Crippen LogP contribution in [0.1, 0.15) is 0 Å². The number of aromatic nitrogens is 4. The number of carbonyl (C=O) groups is 1. The summed E-state index contributed by atoms with van der Waals surface area (Å²) in [4.78, 5) is 33.9. The van der Waals surface area contributed by atoms with E-state index in [1.165, 1.54) is 6.33 Å². The summed E-state index contributed by atoms with van der Waals surface area (Å²) in [6.07, 6.45) is 1.79. The lowest BCUT2D eigenvalue weighted by Crippen LogP contribution is -2.12. The van der Waals surface area contributed by atoms with Crippen molar-refractivity contribution in [2.75, 3.05) is 5.32 Å². The minimum Gasteiger partial charge on any atom is -0.339 e. The van der Waals surface area contributed by atoms with Crippen LogP contribution in [0.2, 0.25) is 0 Å². The van der Waals surface area contributed by atoms with Gasteiger partial charge in [-0.25, -0.2) is 4.98 Å². The largest absolute Gasteiger partial charge is 0.339 e. The molecule has 0 unspecified atom stereocenters. The maximum Gasteiger partial charge on any atom is 0.278 e. The summed E-state index contributed by atoms with van der Waals surface area (Å²) in [5.41, 5.74) is 0.191. The number of imidazole rings is 1. The second-order valence-electron chi connectivity index (χ2n) is 2.28. The van der Waals surface area contributed by atoms with Crippen LogP contribution in [0.15, 0.2) is 11.1 Å². The fraction of sp³-hybridized carbons (Fsp3) is 0. The van der Waals surface area contributed by atoms with Crippen LogP contribution in [0.4, 0.5) is 5.95 Å². The van der Waals surface area contributed by atoms with Gasteiger partial charge in [0.1, 0.15) is 0 Å². The number of fused-ring (bicyclic) bond motifs is 1. The molecule has 2 aromatic heterocycles. The highest BCUT2D eigenvalue weighted by molar-refractivity contribution is 5.73. The first kappa shape index (κ1) is 7.47. The van der Waals surface area contributed by atoms with Crippen LogP contribution < -0.4 is 10.9 Å². The van der Waals surface area contributed by atoms with Crippen LogP contribution in [0.5, 0.6) is 0 Å². The van der Waals surface area contributed by atoms with E-state index in [0.717, 1.165) is 0 Å². The van der Waals surface area contributed by atoms with E-state index in [1.54, 1.807) is 0 Å². The molecule has 2 aromatic rings. The molecule has 2 heterocycles. The van der Waals surface area contributed by atoms with E-state index in [4.69, 9.17) is 0 Å².